The van der Waals surface area contributed by atoms with Gasteiger partial charge in [0, 0.05) is 22.5 Å². The van der Waals surface area contributed by atoms with Gasteiger partial charge in [0.1, 0.15) is 10.8 Å². The molecule has 0 unspecified atom stereocenters. The number of carbonyl (C=O) groups excluding carboxylic acids is 1. The maximum absolute atomic E-state index is 11.8. The van der Waals surface area contributed by atoms with Gasteiger partial charge in [-0.25, -0.2) is 4.98 Å². The first kappa shape index (κ1) is 14.1. The summed E-state index contributed by atoms with van der Waals surface area (Å²) in [7, 11) is 0. The molecule has 1 aliphatic rings. The smallest absolute Gasteiger partial charge is 0.227 e. The molecule has 0 spiro atoms. The summed E-state index contributed by atoms with van der Waals surface area (Å²) >= 11 is 1.58. The summed E-state index contributed by atoms with van der Waals surface area (Å²) < 4.78 is 5.09. The van der Waals surface area contributed by atoms with Crippen LogP contribution in [0.4, 0.5) is 5.69 Å². The average Bonchev–Trinajstić information content (AvgIpc) is 3.15. The van der Waals surface area contributed by atoms with Gasteiger partial charge in [0.2, 0.25) is 5.91 Å². The number of benzene rings is 1. The highest BCUT2D eigenvalue weighted by atomic mass is 32.1. The number of carbonyl (C=O) groups is 1. The van der Waals surface area contributed by atoms with Crippen molar-refractivity contribution in [1.29, 1.82) is 0 Å². The Labute approximate surface area is 137 Å². The summed E-state index contributed by atoms with van der Waals surface area (Å²) in [4.78, 5) is 16.4. The van der Waals surface area contributed by atoms with Crippen LogP contribution in [0.2, 0.25) is 0 Å². The van der Waals surface area contributed by atoms with Crippen molar-refractivity contribution in [2.45, 2.75) is 19.8 Å². The molecule has 1 saturated carbocycles. The molecule has 0 atom stereocenters. The van der Waals surface area contributed by atoms with Gasteiger partial charge in [0.25, 0.3) is 0 Å². The Hall–Kier alpha value is -2.47. The van der Waals surface area contributed by atoms with Crippen molar-refractivity contribution >= 4 is 22.9 Å². The van der Waals surface area contributed by atoms with E-state index in [9.17, 15) is 4.79 Å². The Balaban J connectivity index is 1.53. The Morgan fingerprint density at radius 1 is 1.30 bits per heavy atom. The number of thiazole rings is 1. The second-order valence-electron chi connectivity index (χ2n) is 5.67. The lowest BCUT2D eigenvalue weighted by Crippen LogP contribution is -2.12. The summed E-state index contributed by atoms with van der Waals surface area (Å²) in [5, 5.41) is 9.66. The number of hydrogen-bond donors (Lipinski definition) is 1. The van der Waals surface area contributed by atoms with Gasteiger partial charge in [-0.1, -0.05) is 5.16 Å². The fourth-order valence-corrected chi connectivity index (χ4v) is 3.19. The zero-order valence-electron chi connectivity index (χ0n) is 12.6. The lowest BCUT2D eigenvalue weighted by atomic mass is 10.2. The van der Waals surface area contributed by atoms with Crippen LogP contribution in [0.15, 0.2) is 40.4 Å². The normalized spacial score (nSPS) is 14.0. The summed E-state index contributed by atoms with van der Waals surface area (Å²) in [6, 6.07) is 7.79. The molecule has 5 nitrogen and oxygen atoms in total. The van der Waals surface area contributed by atoms with Crippen LogP contribution >= 0.6 is 11.3 Å². The zero-order chi connectivity index (χ0) is 15.8. The van der Waals surface area contributed by atoms with E-state index >= 15 is 0 Å². The van der Waals surface area contributed by atoms with Crippen LogP contribution in [0.3, 0.4) is 0 Å². The number of amides is 1. The van der Waals surface area contributed by atoms with Crippen molar-refractivity contribution < 1.29 is 9.32 Å². The zero-order valence-corrected chi connectivity index (χ0v) is 13.4. The molecular weight excluding hydrogens is 310 g/mol. The third-order valence-corrected chi connectivity index (χ3v) is 4.77. The van der Waals surface area contributed by atoms with E-state index in [-0.39, 0.29) is 11.8 Å². The fourth-order valence-electron chi connectivity index (χ4n) is 2.36. The van der Waals surface area contributed by atoms with E-state index in [1.807, 2.05) is 36.6 Å². The lowest BCUT2D eigenvalue weighted by molar-refractivity contribution is -0.117. The van der Waals surface area contributed by atoms with Gasteiger partial charge in [-0.2, -0.15) is 0 Å². The van der Waals surface area contributed by atoms with E-state index in [0.29, 0.717) is 0 Å². The number of hydrogen-bond acceptors (Lipinski definition) is 5. The fraction of sp³-hybridized carbons (Fsp3) is 0.235. The van der Waals surface area contributed by atoms with E-state index in [4.69, 9.17) is 4.52 Å². The highest BCUT2D eigenvalue weighted by molar-refractivity contribution is 7.13. The van der Waals surface area contributed by atoms with E-state index in [0.717, 1.165) is 46.1 Å². The number of rotatable bonds is 4. The predicted octanol–water partition coefficient (Wildman–Crippen LogP) is 4.12. The van der Waals surface area contributed by atoms with Crippen LogP contribution in [0.5, 0.6) is 0 Å². The first-order valence-electron chi connectivity index (χ1n) is 7.49. The monoisotopic (exact) mass is 325 g/mol. The topological polar surface area (TPSA) is 68.0 Å². The number of anilines is 1. The first-order chi connectivity index (χ1) is 11.2. The molecule has 6 heteroatoms. The molecule has 0 saturated heterocycles. The molecule has 23 heavy (non-hydrogen) atoms. The maximum atomic E-state index is 11.8. The Morgan fingerprint density at radius 2 is 2.09 bits per heavy atom. The minimum atomic E-state index is 0.122. The standard InChI is InChI=1S/C17H15N3O2S/c1-10-14(8-18-22-10)15-9-23-17(20-15)12-4-6-13(7-5-12)19-16(21)11-2-3-11/h4-9,11H,2-3H2,1H3,(H,19,21). The van der Waals surface area contributed by atoms with Crippen LogP contribution in [-0.2, 0) is 4.79 Å². The molecule has 2 aromatic heterocycles. The summed E-state index contributed by atoms with van der Waals surface area (Å²) in [5.74, 6) is 1.10. The molecule has 0 aliphatic heterocycles. The van der Waals surface area contributed by atoms with Crippen molar-refractivity contribution in [2.24, 2.45) is 5.92 Å². The van der Waals surface area contributed by atoms with Crippen molar-refractivity contribution in [2.75, 3.05) is 5.32 Å². The molecule has 3 aromatic rings. The van der Waals surface area contributed by atoms with Crippen molar-refractivity contribution in [1.82, 2.24) is 10.1 Å². The highest BCUT2D eigenvalue weighted by Crippen LogP contribution is 2.32. The predicted molar refractivity (Wildman–Crippen MR) is 89.1 cm³/mol. The number of aromatic nitrogens is 2. The highest BCUT2D eigenvalue weighted by Gasteiger charge is 2.29. The number of nitrogens with zero attached hydrogens (tertiary/aromatic N) is 2. The van der Waals surface area contributed by atoms with Crippen molar-refractivity contribution in [3.8, 4) is 21.8 Å². The van der Waals surface area contributed by atoms with Crippen molar-refractivity contribution in [3.05, 3.63) is 41.6 Å². The maximum Gasteiger partial charge on any atom is 0.227 e. The molecule has 116 valence electrons. The van der Waals surface area contributed by atoms with E-state index < -0.39 is 0 Å². The summed E-state index contributed by atoms with van der Waals surface area (Å²) in [6.45, 7) is 1.87. The molecule has 1 N–H and O–H groups in total. The van der Waals surface area contributed by atoms with Crippen LogP contribution in [0.1, 0.15) is 18.6 Å². The SMILES string of the molecule is Cc1oncc1-c1csc(-c2ccc(NC(=O)C3CC3)cc2)n1. The van der Waals surface area contributed by atoms with Gasteiger partial charge in [-0.05, 0) is 44.0 Å². The largest absolute Gasteiger partial charge is 0.361 e. The first-order valence-corrected chi connectivity index (χ1v) is 8.37. The van der Waals surface area contributed by atoms with Gasteiger partial charge in [0.05, 0.1) is 17.5 Å². The molecule has 1 amide bonds. The molecule has 1 aliphatic carbocycles. The molecule has 1 aromatic carbocycles. The van der Waals surface area contributed by atoms with Crippen LogP contribution in [0.25, 0.3) is 21.8 Å². The Kier molecular flexibility index (Phi) is 3.46. The molecular formula is C17H15N3O2S. The van der Waals surface area contributed by atoms with E-state index in [1.165, 1.54) is 0 Å². The van der Waals surface area contributed by atoms with Gasteiger partial charge in [-0.15, -0.1) is 11.3 Å². The molecule has 1 fully saturated rings. The van der Waals surface area contributed by atoms with Gasteiger partial charge >= 0.3 is 0 Å². The Morgan fingerprint density at radius 3 is 2.74 bits per heavy atom. The second-order valence-corrected chi connectivity index (χ2v) is 6.53. The number of aryl methyl sites for hydroxylation is 1. The van der Waals surface area contributed by atoms with Crippen LogP contribution in [0, 0.1) is 12.8 Å². The van der Waals surface area contributed by atoms with Crippen LogP contribution in [-0.4, -0.2) is 16.0 Å². The minimum Gasteiger partial charge on any atom is -0.361 e. The molecule has 4 rings (SSSR count). The van der Waals surface area contributed by atoms with Crippen molar-refractivity contribution in [3.63, 3.8) is 0 Å². The van der Waals surface area contributed by atoms with E-state index in [2.05, 4.69) is 15.5 Å². The van der Waals surface area contributed by atoms with E-state index in [1.54, 1.807) is 17.5 Å². The molecule has 0 bridgehead atoms. The number of nitrogens with one attached hydrogen (secondary N) is 1. The second kappa shape index (κ2) is 5.62. The Bertz CT molecular complexity index is 847. The molecule has 2 heterocycles. The van der Waals surface area contributed by atoms with Gasteiger partial charge < -0.3 is 9.84 Å². The third-order valence-electron chi connectivity index (χ3n) is 3.88. The molecule has 0 radical (unpaired) electrons. The summed E-state index contributed by atoms with van der Waals surface area (Å²) in [6.07, 6.45) is 3.70. The van der Waals surface area contributed by atoms with Gasteiger partial charge in [0.15, 0.2) is 0 Å². The minimum absolute atomic E-state index is 0.122. The quantitative estimate of drug-likeness (QED) is 0.783. The average molecular weight is 325 g/mol. The third kappa shape index (κ3) is 2.90. The lowest BCUT2D eigenvalue weighted by Gasteiger charge is -2.04. The van der Waals surface area contributed by atoms with Gasteiger partial charge in [-0.3, -0.25) is 4.79 Å². The van der Waals surface area contributed by atoms with Crippen LogP contribution < -0.4 is 5.32 Å². The summed E-state index contributed by atoms with van der Waals surface area (Å²) in [5.41, 5.74) is 3.65.